The first-order valence-electron chi connectivity index (χ1n) is 11.2. The molecule has 1 saturated heterocycles. The van der Waals surface area contributed by atoms with Crippen LogP contribution in [0, 0.1) is 6.92 Å². The van der Waals surface area contributed by atoms with Crippen molar-refractivity contribution in [2.45, 2.75) is 52.2 Å². The summed E-state index contributed by atoms with van der Waals surface area (Å²) in [5.41, 5.74) is 5.31. The molecule has 6 nitrogen and oxygen atoms in total. The molecule has 0 aromatic heterocycles. The van der Waals surface area contributed by atoms with E-state index in [1.165, 1.54) is 11.1 Å². The van der Waals surface area contributed by atoms with Crippen LogP contribution in [0.15, 0.2) is 42.5 Å². The predicted octanol–water partition coefficient (Wildman–Crippen LogP) is 4.74. The van der Waals surface area contributed by atoms with E-state index >= 15 is 0 Å². The van der Waals surface area contributed by atoms with Gasteiger partial charge >= 0.3 is 6.09 Å². The van der Waals surface area contributed by atoms with Gasteiger partial charge in [0.05, 0.1) is 6.61 Å². The van der Waals surface area contributed by atoms with Crippen molar-refractivity contribution in [1.29, 1.82) is 0 Å². The fourth-order valence-corrected chi connectivity index (χ4v) is 4.77. The number of likely N-dealkylation sites (tertiary alicyclic amines) is 1. The summed E-state index contributed by atoms with van der Waals surface area (Å²) in [5.74, 6) is 0.0642. The molecule has 1 atom stereocenters. The zero-order valence-corrected chi connectivity index (χ0v) is 18.6. The van der Waals surface area contributed by atoms with Gasteiger partial charge in [0.15, 0.2) is 0 Å². The minimum atomic E-state index is -0.265. The van der Waals surface area contributed by atoms with Gasteiger partial charge in [0.1, 0.15) is 6.17 Å². The highest BCUT2D eigenvalue weighted by molar-refractivity contribution is 5.99. The van der Waals surface area contributed by atoms with Gasteiger partial charge in [-0.25, -0.2) is 4.79 Å². The van der Waals surface area contributed by atoms with Crippen molar-refractivity contribution in [2.24, 2.45) is 0 Å². The van der Waals surface area contributed by atoms with Gasteiger partial charge in [-0.3, -0.25) is 4.79 Å². The lowest BCUT2D eigenvalue weighted by Crippen LogP contribution is -2.49. The Bertz CT molecular complexity index is 966. The quantitative estimate of drug-likeness (QED) is 0.757. The van der Waals surface area contributed by atoms with E-state index in [-0.39, 0.29) is 24.2 Å². The Hall–Kier alpha value is -3.02. The Kier molecular flexibility index (Phi) is 6.16. The molecule has 2 aliphatic rings. The Morgan fingerprint density at radius 1 is 1.10 bits per heavy atom. The Morgan fingerprint density at radius 2 is 1.84 bits per heavy atom. The van der Waals surface area contributed by atoms with Crippen LogP contribution in [-0.2, 0) is 11.2 Å². The van der Waals surface area contributed by atoms with E-state index in [0.29, 0.717) is 19.7 Å². The van der Waals surface area contributed by atoms with E-state index in [9.17, 15) is 9.59 Å². The fourth-order valence-electron chi connectivity index (χ4n) is 4.77. The molecular weight excluding hydrogens is 390 g/mol. The zero-order chi connectivity index (χ0) is 22.0. The molecule has 1 fully saturated rings. The maximum atomic E-state index is 13.4. The van der Waals surface area contributed by atoms with E-state index in [2.05, 4.69) is 37.4 Å². The molecule has 2 aromatic carbocycles. The molecular formula is C25H31N3O3. The van der Waals surface area contributed by atoms with Crippen molar-refractivity contribution in [2.75, 3.05) is 25.0 Å². The van der Waals surface area contributed by atoms with Gasteiger partial charge in [-0.1, -0.05) is 43.3 Å². The first kappa shape index (κ1) is 21.2. The van der Waals surface area contributed by atoms with Gasteiger partial charge in [0.25, 0.3) is 5.91 Å². The molecule has 0 aliphatic carbocycles. The maximum absolute atomic E-state index is 13.4. The van der Waals surface area contributed by atoms with Crippen LogP contribution in [0.25, 0.3) is 0 Å². The van der Waals surface area contributed by atoms with Crippen LogP contribution in [0.4, 0.5) is 10.5 Å². The van der Waals surface area contributed by atoms with Crippen LogP contribution in [0.2, 0.25) is 0 Å². The van der Waals surface area contributed by atoms with Gasteiger partial charge in [-0.05, 0) is 50.3 Å². The molecule has 0 saturated carbocycles. The molecule has 2 heterocycles. The average molecular weight is 422 g/mol. The first-order valence-corrected chi connectivity index (χ1v) is 11.2. The van der Waals surface area contributed by atoms with E-state index in [1.54, 1.807) is 4.90 Å². The molecule has 0 radical (unpaired) electrons. The Labute approximate surface area is 184 Å². The molecule has 0 bridgehead atoms. The third-order valence-electron chi connectivity index (χ3n) is 6.40. The second-order valence-corrected chi connectivity index (χ2v) is 8.23. The topological polar surface area (TPSA) is 61.9 Å². The van der Waals surface area contributed by atoms with Gasteiger partial charge in [0, 0.05) is 35.9 Å². The highest BCUT2D eigenvalue weighted by atomic mass is 16.6. The van der Waals surface area contributed by atoms with Gasteiger partial charge in [-0.2, -0.15) is 0 Å². The summed E-state index contributed by atoms with van der Waals surface area (Å²) in [6.45, 7) is 7.64. The minimum Gasteiger partial charge on any atom is -0.450 e. The lowest BCUT2D eigenvalue weighted by atomic mass is 10.0. The van der Waals surface area contributed by atoms with Crippen LogP contribution in [0.3, 0.4) is 0 Å². The summed E-state index contributed by atoms with van der Waals surface area (Å²) in [5, 5.41) is 3.72. The van der Waals surface area contributed by atoms with Crippen LogP contribution >= 0.6 is 0 Å². The van der Waals surface area contributed by atoms with E-state index in [0.717, 1.165) is 36.1 Å². The minimum absolute atomic E-state index is 0.0642. The average Bonchev–Trinajstić information content (AvgIpc) is 3.07. The first-order chi connectivity index (χ1) is 15.0. The third-order valence-corrected chi connectivity index (χ3v) is 6.40. The van der Waals surface area contributed by atoms with Gasteiger partial charge in [-0.15, -0.1) is 0 Å². The Balaban J connectivity index is 1.61. The normalized spacial score (nSPS) is 18.8. The molecule has 164 valence electrons. The number of rotatable bonds is 5. The number of piperidine rings is 1. The summed E-state index contributed by atoms with van der Waals surface area (Å²) in [6.07, 6.45) is 1.92. The molecule has 2 aliphatic heterocycles. The van der Waals surface area contributed by atoms with E-state index < -0.39 is 0 Å². The van der Waals surface area contributed by atoms with Gasteiger partial charge in [0.2, 0.25) is 0 Å². The van der Waals surface area contributed by atoms with Crippen molar-refractivity contribution in [3.63, 3.8) is 0 Å². The number of carbonyl (C=O) groups is 2. The van der Waals surface area contributed by atoms with Crippen LogP contribution in [0.5, 0.6) is 0 Å². The number of amides is 2. The van der Waals surface area contributed by atoms with Crippen molar-refractivity contribution < 1.29 is 14.3 Å². The largest absolute Gasteiger partial charge is 0.450 e. The lowest BCUT2D eigenvalue weighted by molar-refractivity contribution is 0.0496. The van der Waals surface area contributed by atoms with Crippen LogP contribution < -0.4 is 5.32 Å². The molecule has 0 unspecified atom stereocenters. The molecule has 31 heavy (non-hydrogen) atoms. The molecule has 0 spiro atoms. The van der Waals surface area contributed by atoms with E-state index in [1.807, 2.05) is 36.1 Å². The van der Waals surface area contributed by atoms with Crippen molar-refractivity contribution in [3.05, 3.63) is 64.7 Å². The van der Waals surface area contributed by atoms with Crippen LogP contribution in [-0.4, -0.2) is 47.5 Å². The number of nitrogens with one attached hydrogen (secondary N) is 1. The number of para-hydroxylation sites is 1. The second-order valence-electron chi connectivity index (χ2n) is 8.23. The summed E-state index contributed by atoms with van der Waals surface area (Å²) in [7, 11) is 0. The number of fused-ring (bicyclic) bond motifs is 1. The highest BCUT2D eigenvalue weighted by Gasteiger charge is 2.42. The standard InChI is InChI=1S/C25H31N3O3/c1-4-18-10-8-9-17(3)22(18)26-23-20-11-6-7-12-21(20)24(29)28(23)19-13-15-27(16-14-19)25(30)31-5-2/h6-12,19,23,26H,4-5,13-16H2,1-3H3/t23-/m1/s1. The summed E-state index contributed by atoms with van der Waals surface area (Å²) < 4.78 is 5.15. The molecule has 4 rings (SSSR count). The van der Waals surface area contributed by atoms with Crippen molar-refractivity contribution in [3.8, 4) is 0 Å². The number of hydrogen-bond acceptors (Lipinski definition) is 4. The summed E-state index contributed by atoms with van der Waals surface area (Å²) in [4.78, 5) is 29.3. The summed E-state index contributed by atoms with van der Waals surface area (Å²) in [6, 6.07) is 14.3. The number of carbonyl (C=O) groups excluding carboxylic acids is 2. The molecule has 2 amide bonds. The SMILES string of the molecule is CCOC(=O)N1CCC(N2C(=O)c3ccccc3[C@@H]2Nc2c(C)cccc2CC)CC1. The van der Waals surface area contributed by atoms with Crippen LogP contribution in [0.1, 0.15) is 59.9 Å². The second kappa shape index (κ2) is 9.00. The number of hydrogen-bond donors (Lipinski definition) is 1. The molecule has 2 aromatic rings. The fraction of sp³-hybridized carbons (Fsp3) is 0.440. The summed E-state index contributed by atoms with van der Waals surface area (Å²) >= 11 is 0. The number of anilines is 1. The monoisotopic (exact) mass is 421 g/mol. The molecule has 6 heteroatoms. The number of benzene rings is 2. The van der Waals surface area contributed by atoms with E-state index in [4.69, 9.17) is 4.74 Å². The number of ether oxygens (including phenoxy) is 1. The lowest BCUT2D eigenvalue weighted by Gasteiger charge is -2.39. The van der Waals surface area contributed by atoms with Gasteiger partial charge < -0.3 is 19.9 Å². The molecule has 1 N–H and O–H groups in total. The predicted molar refractivity (Wildman–Crippen MR) is 121 cm³/mol. The number of nitrogens with zero attached hydrogens (tertiary/aromatic N) is 2. The zero-order valence-electron chi connectivity index (χ0n) is 18.6. The highest BCUT2D eigenvalue weighted by Crippen LogP contribution is 2.39. The number of aryl methyl sites for hydroxylation is 2. The maximum Gasteiger partial charge on any atom is 0.409 e. The third kappa shape index (κ3) is 3.99. The smallest absolute Gasteiger partial charge is 0.409 e. The Morgan fingerprint density at radius 3 is 2.55 bits per heavy atom. The van der Waals surface area contributed by atoms with Crippen molar-refractivity contribution >= 4 is 17.7 Å². The van der Waals surface area contributed by atoms with Crippen molar-refractivity contribution in [1.82, 2.24) is 9.80 Å².